The van der Waals surface area contributed by atoms with E-state index < -0.39 is 0 Å². The van der Waals surface area contributed by atoms with Crippen molar-refractivity contribution in [3.05, 3.63) is 39.4 Å². The van der Waals surface area contributed by atoms with Gasteiger partial charge in [-0.25, -0.2) is 0 Å². The molecule has 0 saturated carbocycles. The van der Waals surface area contributed by atoms with Crippen LogP contribution in [-0.2, 0) is 13.1 Å². The summed E-state index contributed by atoms with van der Waals surface area (Å²) in [6.07, 6.45) is 1.57. The topological polar surface area (TPSA) is 38.1 Å². The molecule has 5 heteroatoms. The monoisotopic (exact) mass is 228 g/mol. The minimum atomic E-state index is 0.714. The van der Waals surface area contributed by atoms with Crippen LogP contribution < -0.4 is 5.32 Å². The van der Waals surface area contributed by atoms with Gasteiger partial charge >= 0.3 is 0 Å². The van der Waals surface area contributed by atoms with E-state index in [-0.39, 0.29) is 0 Å². The van der Waals surface area contributed by atoms with E-state index in [1.54, 1.807) is 17.6 Å². The van der Waals surface area contributed by atoms with Crippen LogP contribution >= 0.6 is 22.9 Å². The number of hydrogen-bond acceptors (Lipinski definition) is 4. The molecular formula is C9H9ClN2OS. The van der Waals surface area contributed by atoms with Crippen LogP contribution in [0.5, 0.6) is 0 Å². The number of nitrogens with one attached hydrogen (secondary N) is 1. The summed E-state index contributed by atoms with van der Waals surface area (Å²) in [4.78, 5) is 1.22. The molecule has 0 bridgehead atoms. The highest BCUT2D eigenvalue weighted by Crippen LogP contribution is 2.18. The van der Waals surface area contributed by atoms with Crippen molar-refractivity contribution in [3.8, 4) is 0 Å². The average molecular weight is 229 g/mol. The lowest BCUT2D eigenvalue weighted by Gasteiger charge is -1.98. The molecule has 0 radical (unpaired) electrons. The third-order valence-corrected chi connectivity index (χ3v) is 3.00. The molecule has 0 saturated heterocycles. The van der Waals surface area contributed by atoms with Gasteiger partial charge in [-0.2, -0.15) is 0 Å². The molecule has 2 aromatic heterocycles. The number of hydrogen-bond donors (Lipinski definition) is 1. The van der Waals surface area contributed by atoms with E-state index in [0.717, 1.165) is 17.3 Å². The first-order valence-electron chi connectivity index (χ1n) is 4.17. The standard InChI is InChI=1S/C9H9ClN2OS/c10-7-3-9(14-6-7)5-11-4-8-1-2-13-12-8/h1-3,6,11H,4-5H2. The third kappa shape index (κ3) is 2.57. The normalized spacial score (nSPS) is 10.6. The predicted molar refractivity (Wildman–Crippen MR) is 56.4 cm³/mol. The molecule has 2 aromatic rings. The summed E-state index contributed by atoms with van der Waals surface area (Å²) in [6, 6.07) is 3.80. The Bertz CT molecular complexity index is 385. The van der Waals surface area contributed by atoms with E-state index in [2.05, 4.69) is 10.5 Å². The fourth-order valence-electron chi connectivity index (χ4n) is 1.09. The van der Waals surface area contributed by atoms with Crippen LogP contribution in [-0.4, -0.2) is 5.16 Å². The van der Waals surface area contributed by atoms with Crippen LogP contribution in [0.15, 0.2) is 28.3 Å². The van der Waals surface area contributed by atoms with Crippen molar-refractivity contribution >= 4 is 22.9 Å². The molecule has 0 atom stereocenters. The van der Waals surface area contributed by atoms with Crippen molar-refractivity contribution in [2.24, 2.45) is 0 Å². The van der Waals surface area contributed by atoms with Gasteiger partial charge in [0.1, 0.15) is 6.26 Å². The number of aromatic nitrogens is 1. The predicted octanol–water partition coefficient (Wildman–Crippen LogP) is 2.68. The molecule has 2 heterocycles. The molecule has 0 unspecified atom stereocenters. The Hall–Kier alpha value is -0.840. The molecule has 0 aliphatic heterocycles. The Balaban J connectivity index is 1.78. The number of rotatable bonds is 4. The average Bonchev–Trinajstić information content (AvgIpc) is 2.77. The fraction of sp³-hybridized carbons (Fsp3) is 0.222. The van der Waals surface area contributed by atoms with Gasteiger partial charge in [-0.1, -0.05) is 16.8 Å². The van der Waals surface area contributed by atoms with Crippen molar-refractivity contribution in [2.45, 2.75) is 13.1 Å². The van der Waals surface area contributed by atoms with Gasteiger partial charge in [-0.05, 0) is 6.07 Å². The van der Waals surface area contributed by atoms with Gasteiger partial charge < -0.3 is 9.84 Å². The van der Waals surface area contributed by atoms with Gasteiger partial charge in [0, 0.05) is 29.4 Å². The molecule has 0 aromatic carbocycles. The minimum Gasteiger partial charge on any atom is -0.364 e. The summed E-state index contributed by atoms with van der Waals surface area (Å²) < 4.78 is 4.71. The first-order valence-corrected chi connectivity index (χ1v) is 5.43. The van der Waals surface area contributed by atoms with E-state index in [9.17, 15) is 0 Å². The number of halogens is 1. The second-order valence-electron chi connectivity index (χ2n) is 2.83. The Labute approximate surface area is 90.7 Å². The maximum atomic E-state index is 5.79. The molecule has 0 aliphatic carbocycles. The van der Waals surface area contributed by atoms with Crippen molar-refractivity contribution < 1.29 is 4.52 Å². The molecule has 0 fully saturated rings. The van der Waals surface area contributed by atoms with E-state index in [4.69, 9.17) is 16.1 Å². The summed E-state index contributed by atoms with van der Waals surface area (Å²) >= 11 is 7.44. The van der Waals surface area contributed by atoms with Crippen molar-refractivity contribution in [1.29, 1.82) is 0 Å². The lowest BCUT2D eigenvalue weighted by atomic mass is 10.4. The third-order valence-electron chi connectivity index (χ3n) is 1.72. The Morgan fingerprint density at radius 3 is 3.07 bits per heavy atom. The first kappa shape index (κ1) is 9.71. The number of nitrogens with zero attached hydrogens (tertiary/aromatic N) is 1. The summed E-state index contributed by atoms with van der Waals surface area (Å²) in [5, 5.41) is 9.76. The molecule has 74 valence electrons. The van der Waals surface area contributed by atoms with Gasteiger partial charge in [0.25, 0.3) is 0 Å². The zero-order chi connectivity index (χ0) is 9.80. The van der Waals surface area contributed by atoms with Gasteiger partial charge in [0.05, 0.1) is 10.7 Å². The van der Waals surface area contributed by atoms with Crippen LogP contribution in [0.4, 0.5) is 0 Å². The molecule has 1 N–H and O–H groups in total. The second-order valence-corrected chi connectivity index (χ2v) is 4.26. The zero-order valence-corrected chi connectivity index (χ0v) is 8.94. The largest absolute Gasteiger partial charge is 0.364 e. The minimum absolute atomic E-state index is 0.714. The smallest absolute Gasteiger partial charge is 0.124 e. The lowest BCUT2D eigenvalue weighted by Crippen LogP contribution is -2.11. The second kappa shape index (κ2) is 4.59. The SMILES string of the molecule is Clc1csc(CNCc2ccon2)c1. The highest BCUT2D eigenvalue weighted by Gasteiger charge is 1.98. The summed E-state index contributed by atoms with van der Waals surface area (Å²) in [6.45, 7) is 1.52. The maximum Gasteiger partial charge on any atom is 0.124 e. The van der Waals surface area contributed by atoms with Crippen LogP contribution in [0.2, 0.25) is 5.02 Å². The molecule has 0 aliphatic rings. The maximum absolute atomic E-state index is 5.79. The molecule has 2 rings (SSSR count). The van der Waals surface area contributed by atoms with Crippen molar-refractivity contribution in [3.63, 3.8) is 0 Å². The van der Waals surface area contributed by atoms with Crippen LogP contribution in [0, 0.1) is 0 Å². The van der Waals surface area contributed by atoms with E-state index in [0.29, 0.717) is 6.54 Å². The lowest BCUT2D eigenvalue weighted by molar-refractivity contribution is 0.408. The first-order chi connectivity index (χ1) is 6.84. The Kier molecular flexibility index (Phi) is 3.18. The van der Waals surface area contributed by atoms with Crippen molar-refractivity contribution in [1.82, 2.24) is 10.5 Å². The van der Waals surface area contributed by atoms with E-state index >= 15 is 0 Å². The van der Waals surface area contributed by atoms with Crippen LogP contribution in [0.3, 0.4) is 0 Å². The number of thiophene rings is 1. The molecular weight excluding hydrogens is 220 g/mol. The zero-order valence-electron chi connectivity index (χ0n) is 7.37. The van der Waals surface area contributed by atoms with Gasteiger partial charge in [0.2, 0.25) is 0 Å². The summed E-state index contributed by atoms with van der Waals surface area (Å²) in [7, 11) is 0. The molecule has 0 amide bonds. The van der Waals surface area contributed by atoms with Crippen LogP contribution in [0.25, 0.3) is 0 Å². The molecule has 3 nitrogen and oxygen atoms in total. The summed E-state index contributed by atoms with van der Waals surface area (Å²) in [5.74, 6) is 0. The van der Waals surface area contributed by atoms with Gasteiger partial charge in [-0.3, -0.25) is 0 Å². The molecule has 14 heavy (non-hydrogen) atoms. The molecule has 0 spiro atoms. The van der Waals surface area contributed by atoms with Crippen molar-refractivity contribution in [2.75, 3.05) is 0 Å². The summed E-state index contributed by atoms with van der Waals surface area (Å²) in [5.41, 5.74) is 0.910. The van der Waals surface area contributed by atoms with E-state index in [1.807, 2.05) is 17.5 Å². The van der Waals surface area contributed by atoms with Gasteiger partial charge in [0.15, 0.2) is 0 Å². The Morgan fingerprint density at radius 2 is 2.43 bits per heavy atom. The Morgan fingerprint density at radius 1 is 1.50 bits per heavy atom. The fourth-order valence-corrected chi connectivity index (χ4v) is 2.13. The quantitative estimate of drug-likeness (QED) is 0.875. The van der Waals surface area contributed by atoms with E-state index in [1.165, 1.54) is 4.88 Å². The van der Waals surface area contributed by atoms with Gasteiger partial charge in [-0.15, -0.1) is 11.3 Å². The highest BCUT2D eigenvalue weighted by atomic mass is 35.5. The van der Waals surface area contributed by atoms with Crippen LogP contribution in [0.1, 0.15) is 10.6 Å². The highest BCUT2D eigenvalue weighted by molar-refractivity contribution is 7.10.